The van der Waals surface area contributed by atoms with Gasteiger partial charge in [0.2, 0.25) is 0 Å². The predicted octanol–water partition coefficient (Wildman–Crippen LogP) is 4.73. The fourth-order valence-corrected chi connectivity index (χ4v) is 2.45. The molecule has 104 valence electrons. The van der Waals surface area contributed by atoms with Crippen molar-refractivity contribution in [2.75, 3.05) is 11.1 Å². The lowest BCUT2D eigenvalue weighted by molar-refractivity contribution is 0.102. The highest BCUT2D eigenvalue weighted by Gasteiger charge is 2.14. The molecular formula is C13H8BrCl2FN2O. The second kappa shape index (κ2) is 5.99. The maximum absolute atomic E-state index is 13.6. The molecule has 0 heterocycles. The highest BCUT2D eigenvalue weighted by Crippen LogP contribution is 2.30. The fourth-order valence-electron chi connectivity index (χ4n) is 1.52. The van der Waals surface area contributed by atoms with Crippen LogP contribution >= 0.6 is 39.1 Å². The van der Waals surface area contributed by atoms with E-state index in [9.17, 15) is 9.18 Å². The van der Waals surface area contributed by atoms with Crippen LogP contribution in [0.25, 0.3) is 0 Å². The Morgan fingerprint density at radius 2 is 1.85 bits per heavy atom. The summed E-state index contributed by atoms with van der Waals surface area (Å²) in [7, 11) is 0. The van der Waals surface area contributed by atoms with Crippen molar-refractivity contribution in [3.63, 3.8) is 0 Å². The van der Waals surface area contributed by atoms with Crippen LogP contribution in [-0.4, -0.2) is 5.91 Å². The SMILES string of the molecule is Nc1c(Cl)cc(C(=O)Nc2c(F)cccc2Br)cc1Cl. The Morgan fingerprint density at radius 1 is 1.25 bits per heavy atom. The van der Waals surface area contributed by atoms with Gasteiger partial charge in [0.25, 0.3) is 5.91 Å². The van der Waals surface area contributed by atoms with Crippen molar-refractivity contribution in [2.45, 2.75) is 0 Å². The first-order valence-electron chi connectivity index (χ1n) is 5.40. The number of para-hydroxylation sites is 1. The van der Waals surface area contributed by atoms with Crippen LogP contribution in [0, 0.1) is 5.82 Å². The third-order valence-corrected chi connectivity index (χ3v) is 3.83. The van der Waals surface area contributed by atoms with E-state index in [2.05, 4.69) is 21.2 Å². The van der Waals surface area contributed by atoms with Gasteiger partial charge in [0, 0.05) is 10.0 Å². The first-order chi connectivity index (χ1) is 9.40. The molecule has 0 spiro atoms. The lowest BCUT2D eigenvalue weighted by Gasteiger charge is -2.10. The van der Waals surface area contributed by atoms with Crippen molar-refractivity contribution < 1.29 is 9.18 Å². The second-order valence-electron chi connectivity index (χ2n) is 3.90. The van der Waals surface area contributed by atoms with Gasteiger partial charge in [-0.2, -0.15) is 0 Å². The first-order valence-corrected chi connectivity index (χ1v) is 6.95. The predicted molar refractivity (Wildman–Crippen MR) is 82.9 cm³/mol. The second-order valence-corrected chi connectivity index (χ2v) is 5.57. The van der Waals surface area contributed by atoms with Crippen LogP contribution in [-0.2, 0) is 0 Å². The number of carbonyl (C=O) groups excluding carboxylic acids is 1. The van der Waals surface area contributed by atoms with Crippen molar-refractivity contribution in [3.8, 4) is 0 Å². The highest BCUT2D eigenvalue weighted by molar-refractivity contribution is 9.10. The Morgan fingerprint density at radius 3 is 2.40 bits per heavy atom. The molecule has 0 aliphatic rings. The van der Waals surface area contributed by atoms with E-state index in [1.807, 2.05) is 0 Å². The van der Waals surface area contributed by atoms with Crippen LogP contribution in [0.1, 0.15) is 10.4 Å². The highest BCUT2D eigenvalue weighted by atomic mass is 79.9. The molecule has 0 fully saturated rings. The Kier molecular flexibility index (Phi) is 4.52. The van der Waals surface area contributed by atoms with E-state index >= 15 is 0 Å². The number of nitrogens with two attached hydrogens (primary N) is 1. The fraction of sp³-hybridized carbons (Fsp3) is 0. The minimum atomic E-state index is -0.555. The minimum absolute atomic E-state index is 0.0431. The van der Waals surface area contributed by atoms with E-state index in [1.54, 1.807) is 6.07 Å². The number of halogens is 4. The first kappa shape index (κ1) is 15.1. The standard InChI is InChI=1S/C13H8BrCl2FN2O/c14-7-2-1-3-10(17)12(7)19-13(20)6-4-8(15)11(18)9(16)5-6/h1-5H,18H2,(H,19,20). The monoisotopic (exact) mass is 376 g/mol. The molecule has 0 saturated carbocycles. The molecule has 0 atom stereocenters. The van der Waals surface area contributed by atoms with Gasteiger partial charge in [0.1, 0.15) is 5.82 Å². The zero-order chi connectivity index (χ0) is 14.9. The molecule has 0 aliphatic carbocycles. The van der Waals surface area contributed by atoms with Gasteiger partial charge in [-0.1, -0.05) is 29.3 Å². The minimum Gasteiger partial charge on any atom is -0.396 e. The van der Waals surface area contributed by atoms with Crippen molar-refractivity contribution in [2.24, 2.45) is 0 Å². The Bertz CT molecular complexity index is 651. The van der Waals surface area contributed by atoms with E-state index in [0.29, 0.717) is 4.47 Å². The third kappa shape index (κ3) is 3.06. The molecule has 0 unspecified atom stereocenters. The van der Waals surface area contributed by atoms with Gasteiger partial charge in [-0.3, -0.25) is 4.79 Å². The molecular weight excluding hydrogens is 370 g/mol. The Balaban J connectivity index is 2.34. The van der Waals surface area contributed by atoms with Crippen LogP contribution in [0.3, 0.4) is 0 Å². The molecule has 2 aromatic carbocycles. The van der Waals surface area contributed by atoms with E-state index in [0.717, 1.165) is 0 Å². The number of hydrogen-bond donors (Lipinski definition) is 2. The summed E-state index contributed by atoms with van der Waals surface area (Å²) in [5, 5.41) is 2.77. The van der Waals surface area contributed by atoms with E-state index < -0.39 is 11.7 Å². The van der Waals surface area contributed by atoms with Crippen molar-refractivity contribution in [3.05, 3.63) is 56.2 Å². The van der Waals surface area contributed by atoms with Crippen LogP contribution in [0.15, 0.2) is 34.8 Å². The van der Waals surface area contributed by atoms with Crippen LogP contribution in [0.5, 0.6) is 0 Å². The summed E-state index contributed by atoms with van der Waals surface area (Å²) < 4.78 is 14.1. The molecule has 1 amide bonds. The zero-order valence-electron chi connectivity index (χ0n) is 9.88. The Labute approximate surface area is 133 Å². The Hall–Kier alpha value is -1.30. The average Bonchev–Trinajstić information content (AvgIpc) is 2.39. The van der Waals surface area contributed by atoms with Gasteiger partial charge < -0.3 is 11.1 Å². The summed E-state index contributed by atoms with van der Waals surface area (Å²) in [4.78, 5) is 12.1. The number of benzene rings is 2. The molecule has 3 N–H and O–H groups in total. The maximum atomic E-state index is 13.6. The van der Waals surface area contributed by atoms with Gasteiger partial charge >= 0.3 is 0 Å². The van der Waals surface area contributed by atoms with E-state index in [1.165, 1.54) is 24.3 Å². The normalized spacial score (nSPS) is 10.4. The van der Waals surface area contributed by atoms with E-state index in [4.69, 9.17) is 28.9 Å². The molecule has 20 heavy (non-hydrogen) atoms. The summed E-state index contributed by atoms with van der Waals surface area (Å²) in [6.45, 7) is 0. The topological polar surface area (TPSA) is 55.1 Å². The van der Waals surface area contributed by atoms with E-state index in [-0.39, 0.29) is 27.0 Å². The van der Waals surface area contributed by atoms with Crippen molar-refractivity contribution >= 4 is 56.4 Å². The molecule has 0 bridgehead atoms. The quantitative estimate of drug-likeness (QED) is 0.743. The molecule has 0 aromatic heterocycles. The number of amides is 1. The van der Waals surface area contributed by atoms with Crippen LogP contribution in [0.4, 0.5) is 15.8 Å². The molecule has 0 radical (unpaired) electrons. The average molecular weight is 378 g/mol. The summed E-state index contributed by atoms with van der Waals surface area (Å²) >= 11 is 14.9. The number of nitrogen functional groups attached to an aromatic ring is 1. The van der Waals surface area contributed by atoms with Crippen LogP contribution in [0.2, 0.25) is 10.0 Å². The summed E-state index contributed by atoms with van der Waals surface area (Å²) in [6, 6.07) is 7.11. The van der Waals surface area contributed by atoms with Crippen molar-refractivity contribution in [1.82, 2.24) is 0 Å². The van der Waals surface area contributed by atoms with Gasteiger partial charge in [-0.15, -0.1) is 0 Å². The molecule has 7 heteroatoms. The van der Waals surface area contributed by atoms with Crippen molar-refractivity contribution in [1.29, 1.82) is 0 Å². The summed E-state index contributed by atoms with van der Waals surface area (Å²) in [5.74, 6) is -1.10. The third-order valence-electron chi connectivity index (χ3n) is 2.54. The lowest BCUT2D eigenvalue weighted by Crippen LogP contribution is -2.13. The number of anilines is 2. The molecule has 3 nitrogen and oxygen atoms in total. The van der Waals surface area contributed by atoms with Gasteiger partial charge in [0.15, 0.2) is 0 Å². The number of rotatable bonds is 2. The van der Waals surface area contributed by atoms with Gasteiger partial charge in [-0.25, -0.2) is 4.39 Å². The van der Waals surface area contributed by atoms with Gasteiger partial charge in [0.05, 0.1) is 21.4 Å². The van der Waals surface area contributed by atoms with Gasteiger partial charge in [-0.05, 0) is 40.2 Å². The van der Waals surface area contributed by atoms with Crippen LogP contribution < -0.4 is 11.1 Å². The largest absolute Gasteiger partial charge is 0.396 e. The number of nitrogens with one attached hydrogen (secondary N) is 1. The number of carbonyl (C=O) groups is 1. The molecule has 2 rings (SSSR count). The summed E-state index contributed by atoms with van der Waals surface area (Å²) in [6.07, 6.45) is 0. The molecule has 0 saturated heterocycles. The molecule has 0 aliphatic heterocycles. The summed E-state index contributed by atoms with van der Waals surface area (Å²) in [5.41, 5.74) is 6.01. The smallest absolute Gasteiger partial charge is 0.255 e. The number of hydrogen-bond acceptors (Lipinski definition) is 2. The zero-order valence-corrected chi connectivity index (χ0v) is 13.0. The molecule has 2 aromatic rings. The maximum Gasteiger partial charge on any atom is 0.255 e. The lowest BCUT2D eigenvalue weighted by atomic mass is 10.2.